The number of oxazole rings is 1. The van der Waals surface area contributed by atoms with Crippen molar-refractivity contribution in [3.05, 3.63) is 40.8 Å². The molecule has 1 heterocycles. The SMILES string of the molecule is Cc1cc(-c2nc(C(F)F)c(C(=O)O)o2)c(F)cc1F. The van der Waals surface area contributed by atoms with Crippen molar-refractivity contribution in [2.75, 3.05) is 0 Å². The van der Waals surface area contributed by atoms with E-state index in [0.717, 1.165) is 6.07 Å². The number of carboxylic acid groups (broad SMARTS) is 1. The maximum atomic E-state index is 13.6. The van der Waals surface area contributed by atoms with Crippen molar-refractivity contribution < 1.29 is 31.9 Å². The van der Waals surface area contributed by atoms with Crippen LogP contribution in [0.2, 0.25) is 0 Å². The third kappa shape index (κ3) is 2.36. The van der Waals surface area contributed by atoms with Crippen molar-refractivity contribution in [3.8, 4) is 11.5 Å². The van der Waals surface area contributed by atoms with Gasteiger partial charge in [0, 0.05) is 6.07 Å². The second kappa shape index (κ2) is 4.95. The van der Waals surface area contributed by atoms with Gasteiger partial charge in [-0.25, -0.2) is 27.3 Å². The molecule has 20 heavy (non-hydrogen) atoms. The fraction of sp³-hybridized carbons (Fsp3) is 0.167. The molecule has 0 unspecified atom stereocenters. The highest BCUT2D eigenvalue weighted by Crippen LogP contribution is 2.30. The van der Waals surface area contributed by atoms with Gasteiger partial charge in [-0.3, -0.25) is 0 Å². The number of carbonyl (C=O) groups is 1. The summed E-state index contributed by atoms with van der Waals surface area (Å²) in [5.41, 5.74) is -1.46. The number of nitrogens with zero attached hydrogens (tertiary/aromatic N) is 1. The molecule has 106 valence electrons. The summed E-state index contributed by atoms with van der Waals surface area (Å²) >= 11 is 0. The highest BCUT2D eigenvalue weighted by molar-refractivity contribution is 5.86. The van der Waals surface area contributed by atoms with E-state index in [4.69, 9.17) is 5.11 Å². The van der Waals surface area contributed by atoms with Crippen LogP contribution in [-0.4, -0.2) is 16.1 Å². The molecular formula is C12H7F4NO3. The standard InChI is InChI=1S/C12H7F4NO3/c1-4-2-5(7(14)3-6(4)13)11-17-8(10(15)16)9(20-11)12(18)19/h2-3,10H,1H3,(H,18,19). The Morgan fingerprint density at radius 2 is 1.95 bits per heavy atom. The van der Waals surface area contributed by atoms with Crippen LogP contribution in [-0.2, 0) is 0 Å². The molecule has 0 spiro atoms. The molecule has 0 fully saturated rings. The number of hydrogen-bond acceptors (Lipinski definition) is 3. The fourth-order valence-electron chi connectivity index (χ4n) is 1.57. The second-order valence-corrected chi connectivity index (χ2v) is 3.92. The molecule has 2 rings (SSSR count). The van der Waals surface area contributed by atoms with Crippen LogP contribution in [0.5, 0.6) is 0 Å². The zero-order chi connectivity index (χ0) is 15.0. The van der Waals surface area contributed by atoms with E-state index >= 15 is 0 Å². The molecule has 0 aliphatic heterocycles. The lowest BCUT2D eigenvalue weighted by molar-refractivity contribution is 0.0646. The molecule has 1 aromatic carbocycles. The first kappa shape index (κ1) is 14.0. The molecule has 1 aromatic heterocycles. The summed E-state index contributed by atoms with van der Waals surface area (Å²) in [6.45, 7) is 1.33. The number of hydrogen-bond donors (Lipinski definition) is 1. The Morgan fingerprint density at radius 3 is 2.45 bits per heavy atom. The molecule has 0 saturated carbocycles. The third-order valence-electron chi connectivity index (χ3n) is 2.53. The monoisotopic (exact) mass is 289 g/mol. The molecule has 0 saturated heterocycles. The summed E-state index contributed by atoms with van der Waals surface area (Å²) in [6, 6.07) is 1.54. The lowest BCUT2D eigenvalue weighted by Gasteiger charge is -2.01. The lowest BCUT2D eigenvalue weighted by Crippen LogP contribution is -1.99. The van der Waals surface area contributed by atoms with Crippen molar-refractivity contribution in [1.82, 2.24) is 4.98 Å². The predicted octanol–water partition coefficient (Wildman–Crippen LogP) is 3.56. The predicted molar refractivity (Wildman–Crippen MR) is 58.5 cm³/mol. The number of aromatic nitrogens is 1. The quantitative estimate of drug-likeness (QED) is 0.877. The molecule has 0 bridgehead atoms. The minimum absolute atomic E-state index is 0.0371. The zero-order valence-corrected chi connectivity index (χ0v) is 9.95. The molecule has 4 nitrogen and oxygen atoms in total. The van der Waals surface area contributed by atoms with E-state index in [9.17, 15) is 22.4 Å². The molecule has 2 aromatic rings. The van der Waals surface area contributed by atoms with Gasteiger partial charge in [-0.15, -0.1) is 0 Å². The van der Waals surface area contributed by atoms with E-state index < -0.39 is 46.9 Å². The largest absolute Gasteiger partial charge is 0.475 e. The van der Waals surface area contributed by atoms with Gasteiger partial charge in [0.2, 0.25) is 11.7 Å². The minimum atomic E-state index is -3.19. The average molecular weight is 289 g/mol. The molecule has 0 atom stereocenters. The maximum absolute atomic E-state index is 13.6. The van der Waals surface area contributed by atoms with E-state index in [1.165, 1.54) is 6.92 Å². The summed E-state index contributed by atoms with van der Waals surface area (Å²) in [5.74, 6) is -5.38. The number of halogens is 4. The lowest BCUT2D eigenvalue weighted by atomic mass is 10.1. The van der Waals surface area contributed by atoms with E-state index in [0.29, 0.717) is 6.07 Å². The highest BCUT2D eigenvalue weighted by Gasteiger charge is 2.27. The Bertz CT molecular complexity index is 682. The zero-order valence-electron chi connectivity index (χ0n) is 9.95. The summed E-state index contributed by atoms with van der Waals surface area (Å²) < 4.78 is 56.6. The molecule has 1 N–H and O–H groups in total. The van der Waals surface area contributed by atoms with Crippen LogP contribution in [0, 0.1) is 18.6 Å². The second-order valence-electron chi connectivity index (χ2n) is 3.92. The Morgan fingerprint density at radius 1 is 1.30 bits per heavy atom. The summed E-state index contributed by atoms with van der Waals surface area (Å²) in [6.07, 6.45) is -3.19. The molecule has 0 radical (unpaired) electrons. The van der Waals surface area contributed by atoms with Gasteiger partial charge < -0.3 is 9.52 Å². The normalized spacial score (nSPS) is 11.1. The van der Waals surface area contributed by atoms with Crippen molar-refractivity contribution in [2.45, 2.75) is 13.3 Å². The van der Waals surface area contributed by atoms with Crippen molar-refractivity contribution in [3.63, 3.8) is 0 Å². The van der Waals surface area contributed by atoms with Crippen molar-refractivity contribution in [1.29, 1.82) is 0 Å². The molecule has 8 heteroatoms. The summed E-state index contributed by atoms with van der Waals surface area (Å²) in [4.78, 5) is 14.0. The van der Waals surface area contributed by atoms with Gasteiger partial charge in [0.25, 0.3) is 6.43 Å². The number of alkyl halides is 2. The van der Waals surface area contributed by atoms with Crippen LogP contribution in [0.25, 0.3) is 11.5 Å². The highest BCUT2D eigenvalue weighted by atomic mass is 19.3. The van der Waals surface area contributed by atoms with Gasteiger partial charge in [-0.2, -0.15) is 0 Å². The van der Waals surface area contributed by atoms with Gasteiger partial charge in [0.05, 0.1) is 5.56 Å². The number of carboxylic acids is 1. The van der Waals surface area contributed by atoms with Crippen molar-refractivity contribution in [2.24, 2.45) is 0 Å². The Balaban J connectivity index is 2.62. The van der Waals surface area contributed by atoms with Gasteiger partial charge in [-0.1, -0.05) is 0 Å². The minimum Gasteiger partial charge on any atom is -0.475 e. The number of aromatic carboxylic acids is 1. The van der Waals surface area contributed by atoms with Crippen LogP contribution in [0.3, 0.4) is 0 Å². The third-order valence-corrected chi connectivity index (χ3v) is 2.53. The molecule has 0 amide bonds. The Labute approximate surface area is 109 Å². The van der Waals surface area contributed by atoms with E-state index in [1.807, 2.05) is 0 Å². The average Bonchev–Trinajstić information content (AvgIpc) is 2.78. The molecular weight excluding hydrogens is 282 g/mol. The molecule has 0 aliphatic carbocycles. The first-order chi connectivity index (χ1) is 9.31. The smallest absolute Gasteiger partial charge is 0.374 e. The van der Waals surface area contributed by atoms with Crippen LogP contribution in [0.15, 0.2) is 16.5 Å². The topological polar surface area (TPSA) is 63.3 Å². The first-order valence-electron chi connectivity index (χ1n) is 5.29. The number of aryl methyl sites for hydroxylation is 1. The van der Waals surface area contributed by atoms with Crippen LogP contribution in [0.4, 0.5) is 17.6 Å². The van der Waals surface area contributed by atoms with E-state index in [2.05, 4.69) is 9.40 Å². The number of benzene rings is 1. The van der Waals surface area contributed by atoms with E-state index in [-0.39, 0.29) is 5.56 Å². The summed E-state index contributed by atoms with van der Waals surface area (Å²) in [5, 5.41) is 8.72. The molecule has 0 aliphatic rings. The summed E-state index contributed by atoms with van der Waals surface area (Å²) in [7, 11) is 0. The van der Waals surface area contributed by atoms with Crippen LogP contribution < -0.4 is 0 Å². The number of rotatable bonds is 3. The van der Waals surface area contributed by atoms with Crippen molar-refractivity contribution >= 4 is 5.97 Å². The Hall–Kier alpha value is -2.38. The fourth-order valence-corrected chi connectivity index (χ4v) is 1.57. The van der Waals surface area contributed by atoms with Gasteiger partial charge in [-0.05, 0) is 18.6 Å². The van der Waals surface area contributed by atoms with Crippen LogP contribution >= 0.6 is 0 Å². The Kier molecular flexibility index (Phi) is 3.47. The van der Waals surface area contributed by atoms with E-state index in [1.54, 1.807) is 0 Å². The van der Waals surface area contributed by atoms with Crippen LogP contribution in [0.1, 0.15) is 28.2 Å². The van der Waals surface area contributed by atoms with Gasteiger partial charge >= 0.3 is 5.97 Å². The van der Waals surface area contributed by atoms with Gasteiger partial charge in [0.15, 0.2) is 5.69 Å². The first-order valence-corrected chi connectivity index (χ1v) is 5.29. The van der Waals surface area contributed by atoms with Gasteiger partial charge in [0.1, 0.15) is 11.6 Å². The maximum Gasteiger partial charge on any atom is 0.374 e.